The second-order valence-corrected chi connectivity index (χ2v) is 9.38. The summed E-state index contributed by atoms with van der Waals surface area (Å²) in [7, 11) is 3.34. The number of imidazole rings is 1. The number of rotatable bonds is 8. The van der Waals surface area contributed by atoms with Crippen molar-refractivity contribution in [2.45, 2.75) is 38.5 Å². The van der Waals surface area contributed by atoms with Crippen molar-refractivity contribution in [2.75, 3.05) is 5.75 Å². The molecule has 33 heavy (non-hydrogen) atoms. The van der Waals surface area contributed by atoms with E-state index in [1.54, 1.807) is 36.9 Å². The molecule has 0 saturated heterocycles. The zero-order valence-electron chi connectivity index (χ0n) is 19.0. The van der Waals surface area contributed by atoms with Gasteiger partial charge in [-0.05, 0) is 24.5 Å². The summed E-state index contributed by atoms with van der Waals surface area (Å²) < 4.78 is 20.6. The second kappa shape index (κ2) is 9.34. The Morgan fingerprint density at radius 1 is 1.09 bits per heavy atom. The SMILES string of the molecule is CC(C)Cn1c(SCCCn2c(=O)c3c(ncn3C)n(C)c2=O)nnc1-c1ccccc1F. The standard InChI is InChI=1S/C22H26FN7O2S/c1-14(2)12-30-18(15-8-5-6-9-16(15)23)25-26-21(30)33-11-7-10-29-20(31)17-19(24-13-27(17)3)28(4)22(29)32/h5-6,8-9,13-14H,7,10-12H2,1-4H3. The van der Waals surface area contributed by atoms with Crippen LogP contribution in [0.3, 0.4) is 0 Å². The number of hydrogen-bond acceptors (Lipinski definition) is 6. The van der Waals surface area contributed by atoms with Gasteiger partial charge in [-0.3, -0.25) is 13.9 Å². The third-order valence-electron chi connectivity index (χ3n) is 5.34. The van der Waals surface area contributed by atoms with Crippen LogP contribution in [-0.2, 0) is 27.2 Å². The quantitative estimate of drug-likeness (QED) is 0.290. The highest BCUT2D eigenvalue weighted by atomic mass is 32.2. The number of aryl methyl sites for hydroxylation is 2. The van der Waals surface area contributed by atoms with Crippen LogP contribution < -0.4 is 11.2 Å². The molecule has 0 aliphatic heterocycles. The van der Waals surface area contributed by atoms with E-state index in [1.807, 2.05) is 4.57 Å². The van der Waals surface area contributed by atoms with Crippen molar-refractivity contribution >= 4 is 22.9 Å². The number of benzene rings is 1. The van der Waals surface area contributed by atoms with Gasteiger partial charge >= 0.3 is 5.69 Å². The van der Waals surface area contributed by atoms with Crippen LogP contribution in [0.15, 0.2) is 45.3 Å². The van der Waals surface area contributed by atoms with E-state index in [0.29, 0.717) is 52.3 Å². The summed E-state index contributed by atoms with van der Waals surface area (Å²) in [4.78, 5) is 29.6. The zero-order chi connectivity index (χ0) is 23.7. The fraction of sp³-hybridized carbons (Fsp3) is 0.409. The van der Waals surface area contributed by atoms with Crippen molar-refractivity contribution in [3.8, 4) is 11.4 Å². The van der Waals surface area contributed by atoms with Gasteiger partial charge in [-0.25, -0.2) is 14.2 Å². The van der Waals surface area contributed by atoms with Crippen molar-refractivity contribution in [1.29, 1.82) is 0 Å². The molecule has 11 heteroatoms. The van der Waals surface area contributed by atoms with E-state index in [4.69, 9.17) is 0 Å². The molecular formula is C22H26FN7O2S. The van der Waals surface area contributed by atoms with Crippen LogP contribution in [0.1, 0.15) is 20.3 Å². The van der Waals surface area contributed by atoms with E-state index in [9.17, 15) is 14.0 Å². The number of halogens is 1. The first kappa shape index (κ1) is 23.0. The van der Waals surface area contributed by atoms with E-state index in [-0.39, 0.29) is 23.6 Å². The summed E-state index contributed by atoms with van der Waals surface area (Å²) in [5.41, 5.74) is 0.456. The molecule has 0 amide bonds. The van der Waals surface area contributed by atoms with E-state index in [1.165, 1.54) is 33.3 Å². The number of hydrogen-bond donors (Lipinski definition) is 0. The molecule has 3 aromatic heterocycles. The van der Waals surface area contributed by atoms with Crippen LogP contribution in [0.25, 0.3) is 22.6 Å². The molecule has 0 saturated carbocycles. The molecule has 0 radical (unpaired) electrons. The maximum atomic E-state index is 14.4. The molecule has 0 spiro atoms. The van der Waals surface area contributed by atoms with Crippen LogP contribution in [0.5, 0.6) is 0 Å². The molecule has 3 heterocycles. The Morgan fingerprint density at radius 3 is 2.58 bits per heavy atom. The van der Waals surface area contributed by atoms with E-state index >= 15 is 0 Å². The Bertz CT molecular complexity index is 1420. The minimum absolute atomic E-state index is 0.276. The maximum absolute atomic E-state index is 14.4. The summed E-state index contributed by atoms with van der Waals surface area (Å²) in [6.45, 7) is 5.08. The molecular weight excluding hydrogens is 445 g/mol. The summed E-state index contributed by atoms with van der Waals surface area (Å²) in [5.74, 6) is 1.09. The van der Waals surface area contributed by atoms with Gasteiger partial charge < -0.3 is 9.13 Å². The lowest BCUT2D eigenvalue weighted by atomic mass is 10.2. The molecule has 9 nitrogen and oxygen atoms in total. The first-order valence-corrected chi connectivity index (χ1v) is 11.7. The van der Waals surface area contributed by atoms with Crippen LogP contribution in [0, 0.1) is 11.7 Å². The van der Waals surface area contributed by atoms with Crippen LogP contribution in [0.2, 0.25) is 0 Å². The van der Waals surface area contributed by atoms with Gasteiger partial charge in [-0.1, -0.05) is 37.7 Å². The van der Waals surface area contributed by atoms with Crippen molar-refractivity contribution in [2.24, 2.45) is 20.0 Å². The molecule has 0 fully saturated rings. The van der Waals surface area contributed by atoms with Gasteiger partial charge in [0.05, 0.1) is 11.9 Å². The minimum Gasteiger partial charge on any atom is -0.328 e. The highest BCUT2D eigenvalue weighted by molar-refractivity contribution is 7.99. The minimum atomic E-state index is -0.388. The van der Waals surface area contributed by atoms with Crippen LogP contribution in [-0.4, -0.2) is 39.2 Å². The molecule has 4 rings (SSSR count). The van der Waals surface area contributed by atoms with Crippen molar-refractivity contribution in [3.05, 3.63) is 57.2 Å². The summed E-state index contributed by atoms with van der Waals surface area (Å²) in [5, 5.41) is 9.22. The smallest absolute Gasteiger partial charge is 0.328 e. The fourth-order valence-electron chi connectivity index (χ4n) is 3.75. The third kappa shape index (κ3) is 4.37. The highest BCUT2D eigenvalue weighted by Gasteiger charge is 2.18. The van der Waals surface area contributed by atoms with Gasteiger partial charge in [0.25, 0.3) is 5.56 Å². The molecule has 0 atom stereocenters. The van der Waals surface area contributed by atoms with Gasteiger partial charge in [0.2, 0.25) is 0 Å². The van der Waals surface area contributed by atoms with Gasteiger partial charge in [-0.15, -0.1) is 10.2 Å². The van der Waals surface area contributed by atoms with Crippen molar-refractivity contribution in [3.63, 3.8) is 0 Å². The van der Waals surface area contributed by atoms with E-state index in [0.717, 1.165) is 0 Å². The molecule has 174 valence electrons. The normalized spacial score (nSPS) is 11.7. The molecule has 0 bridgehead atoms. The second-order valence-electron chi connectivity index (χ2n) is 8.32. The number of aromatic nitrogens is 7. The maximum Gasteiger partial charge on any atom is 0.332 e. The molecule has 0 aliphatic carbocycles. The highest BCUT2D eigenvalue weighted by Crippen LogP contribution is 2.27. The van der Waals surface area contributed by atoms with Gasteiger partial charge in [0.15, 0.2) is 22.1 Å². The summed E-state index contributed by atoms with van der Waals surface area (Å²) >= 11 is 1.48. The average molecular weight is 472 g/mol. The van der Waals surface area contributed by atoms with Gasteiger partial charge in [-0.2, -0.15) is 0 Å². The van der Waals surface area contributed by atoms with Crippen molar-refractivity contribution < 1.29 is 4.39 Å². The Balaban J connectivity index is 1.53. The Morgan fingerprint density at radius 2 is 1.85 bits per heavy atom. The van der Waals surface area contributed by atoms with Gasteiger partial charge in [0, 0.05) is 32.9 Å². The Hall–Kier alpha value is -3.21. The molecule has 0 N–H and O–H groups in total. The first-order chi connectivity index (χ1) is 15.8. The zero-order valence-corrected chi connectivity index (χ0v) is 19.8. The van der Waals surface area contributed by atoms with E-state index < -0.39 is 0 Å². The summed E-state index contributed by atoms with van der Waals surface area (Å²) in [6, 6.07) is 6.53. The lowest BCUT2D eigenvalue weighted by Gasteiger charge is -2.13. The largest absolute Gasteiger partial charge is 0.332 e. The van der Waals surface area contributed by atoms with Gasteiger partial charge in [0.1, 0.15) is 5.82 Å². The van der Waals surface area contributed by atoms with Crippen LogP contribution >= 0.6 is 11.8 Å². The Kier molecular flexibility index (Phi) is 6.50. The lowest BCUT2D eigenvalue weighted by Crippen LogP contribution is -2.39. The monoisotopic (exact) mass is 471 g/mol. The van der Waals surface area contributed by atoms with Crippen molar-refractivity contribution in [1.82, 2.24) is 33.4 Å². The average Bonchev–Trinajstić information content (AvgIpc) is 3.35. The molecule has 0 aliphatic rings. The predicted octanol–water partition coefficient (Wildman–Crippen LogP) is 2.67. The topological polar surface area (TPSA) is 92.5 Å². The molecule has 0 unspecified atom stereocenters. The lowest BCUT2D eigenvalue weighted by molar-refractivity contribution is 0.496. The number of fused-ring (bicyclic) bond motifs is 1. The Labute approximate surface area is 193 Å². The molecule has 4 aromatic rings. The fourth-order valence-corrected chi connectivity index (χ4v) is 4.62. The number of nitrogens with zero attached hydrogens (tertiary/aromatic N) is 7. The summed E-state index contributed by atoms with van der Waals surface area (Å²) in [6.07, 6.45) is 2.10. The van der Waals surface area contributed by atoms with E-state index in [2.05, 4.69) is 29.0 Å². The number of thioether (sulfide) groups is 1. The molecule has 1 aromatic carbocycles. The van der Waals surface area contributed by atoms with Crippen LogP contribution in [0.4, 0.5) is 4.39 Å². The first-order valence-electron chi connectivity index (χ1n) is 10.7. The predicted molar refractivity (Wildman–Crippen MR) is 126 cm³/mol. The third-order valence-corrected chi connectivity index (χ3v) is 6.39.